The number of ketones is 1. The second-order valence-electron chi connectivity index (χ2n) is 5.84. The standard InChI is InChI=1S/C17H24N2O/c1-19(2)10-6-9-18-16-11-15(12-17(20)13-16)14-7-4-3-5-8-14/h3-5,7-8,15H,6,9-13H2,1-2H3/t15-/m1/s1. The number of hydrogen-bond donors (Lipinski definition) is 0. The average molecular weight is 272 g/mol. The zero-order valence-corrected chi connectivity index (χ0v) is 12.5. The van der Waals surface area contributed by atoms with Gasteiger partial charge < -0.3 is 4.90 Å². The third-order valence-corrected chi connectivity index (χ3v) is 3.73. The Labute approximate surface area is 121 Å². The Hall–Kier alpha value is -1.48. The second kappa shape index (κ2) is 7.34. The molecule has 0 radical (unpaired) electrons. The van der Waals surface area contributed by atoms with E-state index in [9.17, 15) is 4.79 Å². The summed E-state index contributed by atoms with van der Waals surface area (Å²) in [6.07, 6.45) is 3.23. The minimum Gasteiger partial charge on any atom is -0.309 e. The van der Waals surface area contributed by atoms with Crippen molar-refractivity contribution < 1.29 is 4.79 Å². The highest BCUT2D eigenvalue weighted by Crippen LogP contribution is 2.29. The van der Waals surface area contributed by atoms with Crippen LogP contribution >= 0.6 is 0 Å². The highest BCUT2D eigenvalue weighted by Gasteiger charge is 2.24. The molecule has 3 heteroatoms. The Morgan fingerprint density at radius 3 is 2.65 bits per heavy atom. The molecule has 0 saturated heterocycles. The molecule has 0 aliphatic heterocycles. The van der Waals surface area contributed by atoms with Crippen LogP contribution in [0, 0.1) is 0 Å². The summed E-state index contributed by atoms with van der Waals surface area (Å²) >= 11 is 0. The van der Waals surface area contributed by atoms with Crippen LogP contribution in [0.3, 0.4) is 0 Å². The lowest BCUT2D eigenvalue weighted by molar-refractivity contribution is -0.118. The summed E-state index contributed by atoms with van der Waals surface area (Å²) in [7, 11) is 4.14. The van der Waals surface area contributed by atoms with E-state index in [1.54, 1.807) is 0 Å². The summed E-state index contributed by atoms with van der Waals surface area (Å²) in [4.78, 5) is 18.7. The molecule has 1 fully saturated rings. The first-order chi connectivity index (χ1) is 9.65. The SMILES string of the molecule is CN(C)CCCN=C1CC(=O)C[C@H](c2ccccc2)C1. The molecule has 0 N–H and O–H groups in total. The van der Waals surface area contributed by atoms with Crippen molar-refractivity contribution in [3.63, 3.8) is 0 Å². The predicted octanol–water partition coefficient (Wildman–Crippen LogP) is 2.92. The molecule has 108 valence electrons. The van der Waals surface area contributed by atoms with E-state index in [-0.39, 0.29) is 0 Å². The third kappa shape index (κ3) is 4.57. The van der Waals surface area contributed by atoms with Crippen molar-refractivity contribution in [2.24, 2.45) is 4.99 Å². The molecule has 1 atom stereocenters. The summed E-state index contributed by atoms with van der Waals surface area (Å²) in [5.41, 5.74) is 2.36. The molecule has 0 amide bonds. The summed E-state index contributed by atoms with van der Waals surface area (Å²) in [5, 5.41) is 0. The zero-order valence-electron chi connectivity index (χ0n) is 12.5. The molecule has 0 bridgehead atoms. The molecular formula is C17H24N2O. The minimum atomic E-state index is 0.324. The van der Waals surface area contributed by atoms with Gasteiger partial charge in [-0.15, -0.1) is 0 Å². The topological polar surface area (TPSA) is 32.7 Å². The van der Waals surface area contributed by atoms with Gasteiger partial charge in [-0.25, -0.2) is 0 Å². The smallest absolute Gasteiger partial charge is 0.139 e. The lowest BCUT2D eigenvalue weighted by Gasteiger charge is -2.23. The summed E-state index contributed by atoms with van der Waals surface area (Å²) in [6.45, 7) is 1.88. The molecule has 1 aliphatic rings. The van der Waals surface area contributed by atoms with Crippen LogP contribution in [0.15, 0.2) is 35.3 Å². The first-order valence-electron chi connectivity index (χ1n) is 7.38. The Morgan fingerprint density at radius 2 is 1.95 bits per heavy atom. The number of hydrogen-bond acceptors (Lipinski definition) is 3. The highest BCUT2D eigenvalue weighted by atomic mass is 16.1. The van der Waals surface area contributed by atoms with Crippen LogP contribution in [0.1, 0.15) is 37.2 Å². The Balaban J connectivity index is 1.94. The number of carbonyl (C=O) groups excluding carboxylic acids is 1. The van der Waals surface area contributed by atoms with Crippen LogP contribution in [0.2, 0.25) is 0 Å². The first-order valence-corrected chi connectivity index (χ1v) is 7.38. The van der Waals surface area contributed by atoms with Crippen LogP contribution in [0.5, 0.6) is 0 Å². The number of carbonyl (C=O) groups is 1. The van der Waals surface area contributed by atoms with Crippen LogP contribution in [-0.4, -0.2) is 43.6 Å². The predicted molar refractivity (Wildman–Crippen MR) is 83.5 cm³/mol. The molecule has 2 rings (SSSR count). The molecule has 1 aromatic carbocycles. The zero-order chi connectivity index (χ0) is 14.4. The fourth-order valence-electron chi connectivity index (χ4n) is 2.71. The monoisotopic (exact) mass is 272 g/mol. The van der Waals surface area contributed by atoms with Crippen molar-refractivity contribution in [2.75, 3.05) is 27.2 Å². The van der Waals surface area contributed by atoms with Gasteiger partial charge in [0.2, 0.25) is 0 Å². The van der Waals surface area contributed by atoms with Gasteiger partial charge in [-0.2, -0.15) is 0 Å². The van der Waals surface area contributed by atoms with Gasteiger partial charge in [-0.3, -0.25) is 9.79 Å². The van der Waals surface area contributed by atoms with Gasteiger partial charge in [-0.1, -0.05) is 30.3 Å². The molecule has 1 saturated carbocycles. The highest BCUT2D eigenvalue weighted by molar-refractivity contribution is 6.05. The summed E-state index contributed by atoms with van der Waals surface area (Å²) in [6, 6.07) is 10.3. The lowest BCUT2D eigenvalue weighted by Crippen LogP contribution is -2.22. The van der Waals surface area contributed by atoms with Gasteiger partial charge in [-0.05, 0) is 45.0 Å². The molecule has 3 nitrogen and oxygen atoms in total. The van der Waals surface area contributed by atoms with E-state index >= 15 is 0 Å². The number of aliphatic imine (C=N–C) groups is 1. The molecule has 0 aromatic heterocycles. The van der Waals surface area contributed by atoms with Crippen molar-refractivity contribution in [3.8, 4) is 0 Å². The normalized spacial score (nSPS) is 21.6. The quantitative estimate of drug-likeness (QED) is 0.772. The minimum absolute atomic E-state index is 0.324. The van der Waals surface area contributed by atoms with Crippen LogP contribution in [0.25, 0.3) is 0 Å². The molecule has 0 spiro atoms. The van der Waals surface area contributed by atoms with Gasteiger partial charge in [0.15, 0.2) is 0 Å². The van der Waals surface area contributed by atoms with Crippen molar-refractivity contribution in [1.82, 2.24) is 4.90 Å². The van der Waals surface area contributed by atoms with Crippen molar-refractivity contribution in [2.45, 2.75) is 31.6 Å². The molecule has 20 heavy (non-hydrogen) atoms. The van der Waals surface area contributed by atoms with Gasteiger partial charge in [0.1, 0.15) is 5.78 Å². The van der Waals surface area contributed by atoms with E-state index in [4.69, 9.17) is 0 Å². The fourth-order valence-corrected chi connectivity index (χ4v) is 2.71. The average Bonchev–Trinajstić information content (AvgIpc) is 2.44. The second-order valence-corrected chi connectivity index (χ2v) is 5.84. The van der Waals surface area contributed by atoms with Crippen LogP contribution in [0.4, 0.5) is 0 Å². The van der Waals surface area contributed by atoms with Gasteiger partial charge >= 0.3 is 0 Å². The van der Waals surface area contributed by atoms with E-state index in [2.05, 4.69) is 36.1 Å². The number of benzene rings is 1. The van der Waals surface area contributed by atoms with Gasteiger partial charge in [0.05, 0.1) is 0 Å². The molecule has 1 aromatic rings. The van der Waals surface area contributed by atoms with Gasteiger partial charge in [0.25, 0.3) is 0 Å². The Morgan fingerprint density at radius 1 is 1.20 bits per heavy atom. The molecule has 0 heterocycles. The lowest BCUT2D eigenvalue weighted by atomic mass is 9.82. The van der Waals surface area contributed by atoms with Gasteiger partial charge in [0, 0.05) is 25.1 Å². The first kappa shape index (κ1) is 14.9. The van der Waals surface area contributed by atoms with Crippen molar-refractivity contribution in [1.29, 1.82) is 0 Å². The summed E-state index contributed by atoms with van der Waals surface area (Å²) in [5.74, 6) is 0.654. The van der Waals surface area contributed by atoms with Crippen molar-refractivity contribution >= 4 is 11.5 Å². The number of Topliss-reactive ketones (excluding diaryl/α,β-unsaturated/α-hetero) is 1. The van der Waals surface area contributed by atoms with E-state index in [1.165, 1.54) is 5.56 Å². The maximum atomic E-state index is 11.9. The fraction of sp³-hybridized carbons (Fsp3) is 0.529. The van der Waals surface area contributed by atoms with E-state index in [0.29, 0.717) is 24.5 Å². The molecular weight excluding hydrogens is 248 g/mol. The van der Waals surface area contributed by atoms with E-state index in [0.717, 1.165) is 31.6 Å². The maximum absolute atomic E-state index is 11.9. The summed E-state index contributed by atoms with van der Waals surface area (Å²) < 4.78 is 0. The third-order valence-electron chi connectivity index (χ3n) is 3.73. The van der Waals surface area contributed by atoms with Crippen molar-refractivity contribution in [3.05, 3.63) is 35.9 Å². The van der Waals surface area contributed by atoms with Crippen LogP contribution < -0.4 is 0 Å². The Bertz CT molecular complexity index is 465. The number of nitrogens with zero attached hydrogens (tertiary/aromatic N) is 2. The largest absolute Gasteiger partial charge is 0.309 e. The Kier molecular flexibility index (Phi) is 5.48. The number of rotatable bonds is 5. The van der Waals surface area contributed by atoms with E-state index in [1.807, 2.05) is 18.2 Å². The molecule has 1 aliphatic carbocycles. The maximum Gasteiger partial charge on any atom is 0.139 e. The van der Waals surface area contributed by atoms with Crippen LogP contribution in [-0.2, 0) is 4.79 Å². The molecule has 0 unspecified atom stereocenters. The van der Waals surface area contributed by atoms with E-state index < -0.39 is 0 Å².